The summed E-state index contributed by atoms with van der Waals surface area (Å²) in [5, 5.41) is 6.39. The molecule has 0 aromatic heterocycles. The third kappa shape index (κ3) is 2.51. The van der Waals surface area contributed by atoms with Gasteiger partial charge in [-0.1, -0.05) is 0 Å². The van der Waals surface area contributed by atoms with Crippen LogP contribution in [-0.2, 0) is 19.1 Å². The number of nitrogens with zero attached hydrogens (tertiary/aromatic N) is 1. The molecule has 4 aliphatic heterocycles. The van der Waals surface area contributed by atoms with Crippen molar-refractivity contribution in [3.8, 4) is 0 Å². The lowest BCUT2D eigenvalue weighted by molar-refractivity contribution is -0.149. The fourth-order valence-corrected chi connectivity index (χ4v) is 5.45. The molecule has 1 aliphatic carbocycles. The molecule has 5 aliphatic rings. The molecule has 0 aromatic rings. The van der Waals surface area contributed by atoms with Crippen LogP contribution in [0.3, 0.4) is 0 Å². The summed E-state index contributed by atoms with van der Waals surface area (Å²) in [4.78, 5) is 27.0. The molecule has 4 heterocycles. The van der Waals surface area contributed by atoms with E-state index in [9.17, 15) is 9.59 Å². The lowest BCUT2D eigenvalue weighted by Gasteiger charge is -2.49. The van der Waals surface area contributed by atoms with Crippen LogP contribution >= 0.6 is 0 Å². The van der Waals surface area contributed by atoms with Crippen LogP contribution in [0.4, 0.5) is 0 Å². The maximum absolute atomic E-state index is 13.0. The Morgan fingerprint density at radius 3 is 2.56 bits per heavy atom. The van der Waals surface area contributed by atoms with E-state index in [4.69, 9.17) is 9.47 Å². The molecular weight excluding hydrogens is 322 g/mol. The van der Waals surface area contributed by atoms with Crippen molar-refractivity contribution in [1.82, 2.24) is 15.5 Å². The molecule has 25 heavy (non-hydrogen) atoms. The van der Waals surface area contributed by atoms with Crippen molar-refractivity contribution in [2.75, 3.05) is 40.3 Å². The first-order valence-electron chi connectivity index (χ1n) is 9.44. The Morgan fingerprint density at radius 1 is 1.24 bits per heavy atom. The molecule has 1 unspecified atom stereocenters. The molecule has 140 valence electrons. The van der Waals surface area contributed by atoms with Crippen LogP contribution in [0.25, 0.3) is 0 Å². The average molecular weight is 351 g/mol. The van der Waals surface area contributed by atoms with E-state index in [1.54, 1.807) is 4.90 Å². The van der Waals surface area contributed by atoms with E-state index < -0.39 is 11.0 Å². The average Bonchev–Trinajstić information content (AvgIpc) is 3.24. The summed E-state index contributed by atoms with van der Waals surface area (Å²) in [6.45, 7) is 2.89. The molecule has 7 nitrogen and oxygen atoms in total. The lowest BCUT2D eigenvalue weighted by atomic mass is 9.53. The minimum absolute atomic E-state index is 0.0434. The number of nitrogens with one attached hydrogen (secondary N) is 2. The second kappa shape index (κ2) is 5.93. The van der Waals surface area contributed by atoms with E-state index in [1.165, 1.54) is 0 Å². The predicted molar refractivity (Wildman–Crippen MR) is 91.0 cm³/mol. The van der Waals surface area contributed by atoms with Crippen molar-refractivity contribution < 1.29 is 19.1 Å². The van der Waals surface area contributed by atoms with Crippen LogP contribution in [0.1, 0.15) is 38.5 Å². The third-order valence-electron chi connectivity index (χ3n) is 6.57. The highest BCUT2D eigenvalue weighted by atomic mass is 16.5. The molecule has 2 bridgehead atoms. The van der Waals surface area contributed by atoms with E-state index in [2.05, 4.69) is 10.6 Å². The van der Waals surface area contributed by atoms with Crippen LogP contribution < -0.4 is 10.6 Å². The summed E-state index contributed by atoms with van der Waals surface area (Å²) in [7, 11) is 3.65. The highest BCUT2D eigenvalue weighted by Crippen LogP contribution is 2.69. The monoisotopic (exact) mass is 351 g/mol. The zero-order valence-electron chi connectivity index (χ0n) is 15.2. The third-order valence-corrected chi connectivity index (χ3v) is 6.57. The zero-order valence-corrected chi connectivity index (χ0v) is 15.2. The van der Waals surface area contributed by atoms with E-state index >= 15 is 0 Å². The van der Waals surface area contributed by atoms with Gasteiger partial charge in [-0.2, -0.15) is 0 Å². The Hall–Kier alpha value is -1.18. The van der Waals surface area contributed by atoms with Gasteiger partial charge in [-0.25, -0.2) is 0 Å². The van der Waals surface area contributed by atoms with Crippen molar-refractivity contribution in [1.29, 1.82) is 0 Å². The van der Waals surface area contributed by atoms with Gasteiger partial charge < -0.3 is 25.0 Å². The number of rotatable bonds is 4. The topological polar surface area (TPSA) is 79.9 Å². The predicted octanol–water partition coefficient (Wildman–Crippen LogP) is 0.0412. The van der Waals surface area contributed by atoms with Gasteiger partial charge in [-0.3, -0.25) is 9.59 Å². The van der Waals surface area contributed by atoms with E-state index in [0.717, 1.165) is 38.8 Å². The number of ether oxygens (including phenoxy) is 2. The fraction of sp³-hybridized carbons (Fsp3) is 0.889. The molecule has 5 fully saturated rings. The van der Waals surface area contributed by atoms with Gasteiger partial charge in [0.15, 0.2) is 0 Å². The molecule has 2 amide bonds. The molecule has 0 radical (unpaired) electrons. The van der Waals surface area contributed by atoms with Crippen LogP contribution in [-0.4, -0.2) is 74.4 Å². The van der Waals surface area contributed by atoms with E-state index in [0.29, 0.717) is 26.0 Å². The van der Waals surface area contributed by atoms with Gasteiger partial charge in [-0.05, 0) is 51.6 Å². The number of hydrogen-bond donors (Lipinski definition) is 2. The zero-order chi connectivity index (χ0) is 17.7. The summed E-state index contributed by atoms with van der Waals surface area (Å²) in [6, 6.07) is 0. The molecule has 1 atom stereocenters. The Bertz CT molecular complexity index is 559. The van der Waals surface area contributed by atoms with Crippen LogP contribution in [0.15, 0.2) is 0 Å². The van der Waals surface area contributed by atoms with Crippen molar-refractivity contribution in [2.24, 2.45) is 5.41 Å². The van der Waals surface area contributed by atoms with Crippen molar-refractivity contribution in [3.05, 3.63) is 0 Å². The highest BCUT2D eigenvalue weighted by molar-refractivity contribution is 5.87. The summed E-state index contributed by atoms with van der Waals surface area (Å²) in [5.74, 6) is 0.131. The summed E-state index contributed by atoms with van der Waals surface area (Å²) in [5.41, 5.74) is -1.20. The van der Waals surface area contributed by atoms with Crippen LogP contribution in [0.2, 0.25) is 0 Å². The van der Waals surface area contributed by atoms with Crippen molar-refractivity contribution in [3.63, 3.8) is 0 Å². The smallest absolute Gasteiger partial charge is 0.249 e. The van der Waals surface area contributed by atoms with Gasteiger partial charge in [0.25, 0.3) is 0 Å². The first-order chi connectivity index (χ1) is 11.9. The minimum atomic E-state index is -0.423. The molecular formula is C18H29N3O4. The number of hydrogen-bond acceptors (Lipinski definition) is 5. The number of carbonyl (C=O) groups excluding carboxylic acids is 2. The van der Waals surface area contributed by atoms with E-state index in [-0.39, 0.29) is 23.5 Å². The van der Waals surface area contributed by atoms with Crippen LogP contribution in [0, 0.1) is 5.41 Å². The minimum Gasteiger partial charge on any atom is -0.368 e. The Balaban J connectivity index is 1.48. The van der Waals surface area contributed by atoms with Gasteiger partial charge in [0.05, 0.1) is 16.6 Å². The van der Waals surface area contributed by atoms with Crippen molar-refractivity contribution >= 4 is 11.8 Å². The first kappa shape index (κ1) is 17.2. The largest absolute Gasteiger partial charge is 0.368 e. The van der Waals surface area contributed by atoms with Gasteiger partial charge in [0, 0.05) is 27.2 Å². The molecule has 4 saturated heterocycles. The van der Waals surface area contributed by atoms with Gasteiger partial charge in [-0.15, -0.1) is 0 Å². The molecule has 7 heteroatoms. The summed E-state index contributed by atoms with van der Waals surface area (Å²) < 4.78 is 12.0. The van der Waals surface area contributed by atoms with Gasteiger partial charge >= 0.3 is 0 Å². The lowest BCUT2D eigenvalue weighted by Crippen LogP contribution is -2.61. The molecule has 5 rings (SSSR count). The van der Waals surface area contributed by atoms with E-state index in [1.807, 2.05) is 14.1 Å². The normalized spacial score (nSPS) is 38.4. The maximum Gasteiger partial charge on any atom is 0.249 e. The quantitative estimate of drug-likeness (QED) is 0.748. The summed E-state index contributed by atoms with van der Waals surface area (Å²) >= 11 is 0. The molecule has 0 aromatic carbocycles. The van der Waals surface area contributed by atoms with Crippen LogP contribution in [0.5, 0.6) is 0 Å². The Labute approximate surface area is 148 Å². The molecule has 1 spiro atoms. The van der Waals surface area contributed by atoms with Gasteiger partial charge in [0.2, 0.25) is 11.8 Å². The second-order valence-electron chi connectivity index (χ2n) is 8.38. The standard InChI is InChI=1S/C18H29N3O4/c1-21(2)15(23)17-10-16(11-17,25-18(17)5-7-19-8-6-18)12-20-14(22)13-4-3-9-24-13/h13,19H,3-12H2,1-2H3,(H,20,22). The number of piperidine rings is 1. The summed E-state index contributed by atoms with van der Waals surface area (Å²) in [6.07, 6.45) is 4.54. The number of amides is 2. The van der Waals surface area contributed by atoms with Gasteiger partial charge in [0.1, 0.15) is 6.10 Å². The molecule has 2 N–H and O–H groups in total. The Kier molecular flexibility index (Phi) is 4.09. The highest BCUT2D eigenvalue weighted by Gasteiger charge is 2.77. The molecule has 1 saturated carbocycles. The maximum atomic E-state index is 13.0. The Morgan fingerprint density at radius 2 is 1.96 bits per heavy atom. The second-order valence-corrected chi connectivity index (χ2v) is 8.38. The SMILES string of the molecule is CN(C)C(=O)C12CC(CNC(=O)C3CCCO3)(C1)OC21CCNCC1. The van der Waals surface area contributed by atoms with Crippen molar-refractivity contribution in [2.45, 2.75) is 55.8 Å². The first-order valence-corrected chi connectivity index (χ1v) is 9.44. The fourth-order valence-electron chi connectivity index (χ4n) is 5.45. The number of carbonyl (C=O) groups is 2.